The average Bonchev–Trinajstić information content (AvgIpc) is 0.681. The number of benzene rings is 6. The maximum Gasteiger partial charge on any atom is 0.264 e. The van der Waals surface area contributed by atoms with E-state index >= 15 is 0 Å². The summed E-state index contributed by atoms with van der Waals surface area (Å²) in [7, 11) is 0. The molecule has 684 valence electrons. The van der Waals surface area contributed by atoms with Crippen molar-refractivity contribution in [2.75, 3.05) is 34.4 Å². The number of nitrogens with zero attached hydrogens (tertiary/aromatic N) is 12. The summed E-state index contributed by atoms with van der Waals surface area (Å²) in [5.74, 6) is -21.5. The van der Waals surface area contributed by atoms with Crippen LogP contribution in [-0.4, -0.2) is 128 Å². The van der Waals surface area contributed by atoms with Crippen molar-refractivity contribution in [3.8, 4) is 0 Å². The first kappa shape index (κ1) is 47.7. The second-order valence-electron chi connectivity index (χ2n) is 28.4. The monoisotopic (exact) mass is 1850 g/mol. The van der Waals surface area contributed by atoms with Gasteiger partial charge in [-0.1, -0.05) is 36.3 Å². The van der Waals surface area contributed by atoms with Crippen LogP contribution in [0.1, 0.15) is 223 Å². The van der Waals surface area contributed by atoms with E-state index in [0.717, 1.165) is 41.5 Å². The van der Waals surface area contributed by atoms with Crippen molar-refractivity contribution in [2.24, 2.45) is 0 Å². The van der Waals surface area contributed by atoms with Crippen LogP contribution in [0.15, 0.2) is 138 Å². The molecule has 0 radical (unpaired) electrons. The molecule has 6 aliphatic heterocycles. The van der Waals surface area contributed by atoms with Crippen molar-refractivity contribution < 1.29 is 127 Å². The Morgan fingerprint density at radius 2 is 0.394 bits per heavy atom. The fourth-order valence-electron chi connectivity index (χ4n) is 13.6. The Hall–Kier alpha value is -16.2. The highest BCUT2D eigenvalue weighted by Crippen LogP contribution is 2.35. The molecule has 6 aliphatic rings. The third-order valence-electron chi connectivity index (χ3n) is 19.7. The Morgan fingerprint density at radius 1 is 0.258 bits per heavy atom. The number of imide groups is 6. The highest BCUT2D eigenvalue weighted by atomic mass is 16.2. The summed E-state index contributed by atoms with van der Waals surface area (Å²) in [6, 6.07) is -11.4. The molecule has 6 aromatic carbocycles. The van der Waals surface area contributed by atoms with E-state index in [4.69, 9.17) is 104 Å². The van der Waals surface area contributed by atoms with Gasteiger partial charge in [-0.3, -0.25) is 146 Å². The zero-order valence-electron chi connectivity index (χ0n) is 120. The first-order chi connectivity index (χ1) is 82.5. The first-order valence-electron chi connectivity index (χ1n) is 62.4. The van der Waals surface area contributed by atoms with Gasteiger partial charge in [-0.25, -0.2) is 29.9 Å². The van der Waals surface area contributed by atoms with Crippen LogP contribution in [0.3, 0.4) is 0 Å². The fourth-order valence-corrected chi connectivity index (χ4v) is 13.6. The Morgan fingerprint density at radius 3 is 0.545 bits per heavy atom. The van der Waals surface area contributed by atoms with Crippen LogP contribution < -0.4 is 99.7 Å². The van der Waals surface area contributed by atoms with E-state index in [9.17, 15) is 86.3 Å². The van der Waals surface area contributed by atoms with Gasteiger partial charge in [-0.05, 0) is 194 Å². The van der Waals surface area contributed by atoms with Crippen LogP contribution in [0.5, 0.6) is 0 Å². The van der Waals surface area contributed by atoms with Gasteiger partial charge in [0.2, 0.25) is 35.4 Å². The second kappa shape index (κ2) is 35.1. The number of anilines is 6. The molecule has 12 amide bonds. The number of nitrogens with one attached hydrogen (secondary N) is 6. The molecular formula is C90H96N24O18. The second-order valence-corrected chi connectivity index (χ2v) is 28.4. The van der Waals surface area contributed by atoms with Crippen molar-refractivity contribution in [1.29, 1.82) is 0 Å². The minimum absolute atomic E-state index is 0.0980. The third-order valence-corrected chi connectivity index (χ3v) is 19.7. The number of carbonyl (C=O) groups is 12. The highest BCUT2D eigenvalue weighted by molar-refractivity contribution is 6.07. The summed E-state index contributed by atoms with van der Waals surface area (Å²) in [6.07, 6.45) is -41.2. The number of fused-ring (bicyclic) bond motifs is 6. The highest BCUT2D eigenvalue weighted by Gasteiger charge is 2.49. The number of hydrogen-bond donors (Lipinski definition) is 12. The number of nitrogens with two attached hydrogens (primary N) is 6. The van der Waals surface area contributed by atoms with Gasteiger partial charge in [0.1, 0.15) is 68.2 Å². The number of aryl methyl sites for hydroxylation is 6. The SMILES string of the molecule is [2H]c1c([2H])c(N)c2c(=O)n(C3(C([2H])([2H])[2H])C(=O)NC(=O)C([2H])([2H])C3([2H])[2H])c(C)nc2c1[2H].[2H]c1c([2H])c(N)c2c(=O)n(C3(C([2H])([2H])[2H])C(=O)NC(=O)C([2H])([2H])C3([2H])[2H])c(C)nc2c1[2H].[2H]c1c([2H])c(N)c2c(=O)n(C3(C([2H])([2H])[2H])C(=O)NC(=O)C([2H])([2H])C3([2H])[2H])c(C)nc2c1[2H].[2H]c1c([2H])c(N)c2c(=O)n(C3(C)C(=O)NC(=O)C([2H])([2H])C3([2H])[2H])c(C)nc2c1[2H].[2H]c1c([2H])c(N)c2c(=O)n([C@@]3(C)C(=O)NC(=O)C([2H])([2H])C3([2H])[2H])c(C)nc2c1[2H].[2H]c1c([2H])c(N)c2c(=O)n([C@]3(C)C(=O)NC(=O)C([2H])([2H])C3([2H])[2H])c(C)nc2c1[2H]. The van der Waals surface area contributed by atoms with Crippen LogP contribution in [-0.2, 0) is 90.8 Å². The summed E-state index contributed by atoms with van der Waals surface area (Å²) in [5, 5.41) is 6.17. The zero-order valence-corrected chi connectivity index (χ0v) is 68.7. The maximum atomic E-state index is 13.5. The molecule has 18 N–H and O–H groups in total. The summed E-state index contributed by atoms with van der Waals surface area (Å²) < 4.78 is 408. The van der Waals surface area contributed by atoms with Crippen LogP contribution in [0.4, 0.5) is 34.1 Å². The van der Waals surface area contributed by atoms with Crippen LogP contribution >= 0.6 is 0 Å². The molecule has 0 aliphatic carbocycles. The van der Waals surface area contributed by atoms with Gasteiger partial charge in [0.05, 0.1) is 90.1 Å². The number of piperidine rings is 6. The molecular weight excluding hydrogens is 1710 g/mol. The lowest BCUT2D eigenvalue weighted by Crippen LogP contribution is -2.56. The zero-order chi connectivity index (χ0) is 141. The van der Waals surface area contributed by atoms with E-state index in [1.165, 1.54) is 36.7 Å². The Bertz CT molecular complexity index is 9370. The lowest BCUT2D eigenvalue weighted by Gasteiger charge is -2.34. The molecule has 132 heavy (non-hydrogen) atoms. The molecule has 12 aromatic rings. The lowest BCUT2D eigenvalue weighted by atomic mass is 9.90. The molecule has 4 unspecified atom stereocenters. The van der Waals surface area contributed by atoms with Gasteiger partial charge in [0.15, 0.2) is 0 Å². The van der Waals surface area contributed by atoms with E-state index in [1.807, 2.05) is 0 Å². The quantitative estimate of drug-likeness (QED) is 0.0841. The third kappa shape index (κ3) is 16.5. The molecule has 0 spiro atoms. The predicted molar refractivity (Wildman–Crippen MR) is 487 cm³/mol. The summed E-state index contributed by atoms with van der Waals surface area (Å²) >= 11 is 0. The molecule has 12 heterocycles. The predicted octanol–water partition coefficient (Wildman–Crippen LogP) is 2.63. The van der Waals surface area contributed by atoms with Crippen molar-refractivity contribution in [2.45, 2.75) is 193 Å². The Labute approximate surface area is 819 Å². The van der Waals surface area contributed by atoms with Gasteiger partial charge >= 0.3 is 0 Å². The van der Waals surface area contributed by atoms with Crippen LogP contribution in [0.2, 0.25) is 0 Å². The van der Waals surface area contributed by atoms with E-state index in [-0.39, 0.29) is 47.7 Å². The topological polar surface area (TPSA) is 642 Å². The molecule has 0 bridgehead atoms. The first-order valence-corrected chi connectivity index (χ1v) is 36.9. The molecule has 6 fully saturated rings. The minimum atomic E-state index is -3.80. The summed E-state index contributed by atoms with van der Waals surface area (Å²) in [5.41, 5.74) is 2.70. The number of rotatable bonds is 6. The van der Waals surface area contributed by atoms with Crippen molar-refractivity contribution in [3.63, 3.8) is 0 Å². The maximum absolute atomic E-state index is 13.5. The molecule has 18 rings (SSSR count). The number of amides is 12. The molecule has 6 atom stereocenters. The van der Waals surface area contributed by atoms with Gasteiger partial charge in [-0.2, -0.15) is 0 Å². The van der Waals surface area contributed by atoms with Crippen molar-refractivity contribution >= 4 is 170 Å². The van der Waals surface area contributed by atoms with Crippen molar-refractivity contribution in [3.05, 3.63) is 206 Å². The Balaban J connectivity index is 0.000000178. The summed E-state index contributed by atoms with van der Waals surface area (Å²) in [4.78, 5) is 253. The van der Waals surface area contributed by atoms with Gasteiger partial charge in [0.25, 0.3) is 68.8 Å². The number of hydrogen-bond acceptors (Lipinski definition) is 30. The van der Waals surface area contributed by atoms with E-state index < -0.39 is 444 Å². The lowest BCUT2D eigenvalue weighted by molar-refractivity contribution is -0.141. The minimum Gasteiger partial charge on any atom is -0.398 e. The fraction of sp³-hybridized carbons (Fsp3) is 0.333. The largest absolute Gasteiger partial charge is 0.398 e. The number of nitrogen functional groups attached to an aromatic ring is 6. The number of carbonyl (C=O) groups excluding carboxylic acids is 12. The Kier molecular flexibility index (Phi) is 12.7. The van der Waals surface area contributed by atoms with Gasteiger partial charge in [0, 0.05) is 118 Å². The van der Waals surface area contributed by atoms with Crippen molar-refractivity contribution in [1.82, 2.24) is 89.2 Å². The molecule has 0 saturated carbocycles. The molecule has 6 saturated heterocycles. The van der Waals surface area contributed by atoms with Gasteiger partial charge in [-0.15, -0.1) is 0 Å². The molecule has 42 nitrogen and oxygen atoms in total. The number of aromatic nitrogens is 12. The van der Waals surface area contributed by atoms with Gasteiger partial charge < -0.3 is 34.4 Å². The van der Waals surface area contributed by atoms with E-state index in [1.54, 1.807) is 16.0 Å². The van der Waals surface area contributed by atoms with E-state index in [2.05, 4.69) is 29.9 Å². The molecule has 42 heteroatoms. The normalized spacial score (nSPS) is 32.4. The average molecular weight is 1850 g/mol. The standard InChI is InChI=1S/6C15H16N4O3/c6*1-8-17-10-5-3-4-9(16)12(10)13(21)19(8)15(2)7-6-11(20)18-14(15)22/h6*3-5H,6-7,16H2,1-2H3,(H,18,20,22)/t2*15-;;;;/m10..../s1/i2*3D,4D,5D,6D2,7D2;3*2D3,3D,4D,5D,6D2,7D2;3D,4D,5D,6D2,7D2. The van der Waals surface area contributed by atoms with Crippen LogP contribution in [0.25, 0.3) is 65.4 Å². The smallest absolute Gasteiger partial charge is 0.264 e. The molecule has 6 aromatic heterocycles. The summed E-state index contributed by atoms with van der Waals surface area (Å²) in [6.45, 7) is -1.64. The van der Waals surface area contributed by atoms with Crippen LogP contribution in [0, 0.1) is 41.5 Å². The van der Waals surface area contributed by atoms with E-state index in [0.29, 0.717) is 13.7 Å².